The maximum Gasteiger partial charge on any atom is 0.0210 e. The number of hydrogen-bond acceptors (Lipinski definition) is 0. The molecule has 3 aromatic carbocycles. The third-order valence-corrected chi connectivity index (χ3v) is 6.87. The molecule has 0 aliphatic heterocycles. The second-order valence-corrected chi connectivity index (χ2v) is 9.02. The fourth-order valence-corrected chi connectivity index (χ4v) is 4.35. The Kier molecular flexibility index (Phi) is 5.46. The predicted octanol–water partition coefficient (Wildman–Crippen LogP) is 8.40. The van der Waals surface area contributed by atoms with E-state index >= 15 is 0 Å². The van der Waals surface area contributed by atoms with Crippen molar-refractivity contribution in [1.29, 1.82) is 0 Å². The zero-order valence-corrected chi connectivity index (χ0v) is 19.4. The molecule has 2 heteroatoms. The third-order valence-electron chi connectivity index (χ3n) is 5.16. The highest BCUT2D eigenvalue weighted by molar-refractivity contribution is 9.10. The lowest BCUT2D eigenvalue weighted by Gasteiger charge is -2.17. The first-order valence-corrected chi connectivity index (χ1v) is 10.4. The van der Waals surface area contributed by atoms with Gasteiger partial charge in [0.05, 0.1) is 0 Å². The first-order valence-electron chi connectivity index (χ1n) is 8.84. The first-order chi connectivity index (χ1) is 12.2. The van der Waals surface area contributed by atoms with Crippen LogP contribution in [0, 0.1) is 41.5 Å². The van der Waals surface area contributed by atoms with Crippen LogP contribution in [0.15, 0.2) is 45.3 Å². The standard InChI is InChI=1S/C24H24Br2/c1-13-7-14(2)20(22-12-24(26)18(6)9-16(22)4)10-19(13)21-11-23(25)17(5)8-15(21)3/h7-12H,1-6H3. The van der Waals surface area contributed by atoms with E-state index < -0.39 is 0 Å². The van der Waals surface area contributed by atoms with Gasteiger partial charge in [0.1, 0.15) is 0 Å². The van der Waals surface area contributed by atoms with Gasteiger partial charge in [0.25, 0.3) is 0 Å². The van der Waals surface area contributed by atoms with Crippen molar-refractivity contribution < 1.29 is 0 Å². The van der Waals surface area contributed by atoms with E-state index in [0.29, 0.717) is 0 Å². The molecule has 0 spiro atoms. The molecule has 0 aliphatic rings. The average Bonchev–Trinajstić information content (AvgIpc) is 2.55. The Labute approximate surface area is 173 Å². The van der Waals surface area contributed by atoms with Crippen molar-refractivity contribution in [3.63, 3.8) is 0 Å². The maximum absolute atomic E-state index is 3.70. The predicted molar refractivity (Wildman–Crippen MR) is 121 cm³/mol. The summed E-state index contributed by atoms with van der Waals surface area (Å²) in [4.78, 5) is 0. The summed E-state index contributed by atoms with van der Waals surface area (Å²) in [7, 11) is 0. The van der Waals surface area contributed by atoms with Crippen LogP contribution in [-0.2, 0) is 0 Å². The molecule has 0 saturated heterocycles. The summed E-state index contributed by atoms with van der Waals surface area (Å²) in [6.45, 7) is 13.1. The van der Waals surface area contributed by atoms with Crippen LogP contribution >= 0.6 is 31.9 Å². The van der Waals surface area contributed by atoms with Gasteiger partial charge in [-0.3, -0.25) is 0 Å². The SMILES string of the molecule is Cc1cc(C)c(-c2cc(-c3cc(Br)c(C)cc3C)c(C)cc2C)cc1Br. The van der Waals surface area contributed by atoms with Gasteiger partial charge < -0.3 is 0 Å². The van der Waals surface area contributed by atoms with E-state index in [1.807, 2.05) is 0 Å². The number of halogens is 2. The fraction of sp³-hybridized carbons (Fsp3) is 0.250. The van der Waals surface area contributed by atoms with Gasteiger partial charge in [0.15, 0.2) is 0 Å². The van der Waals surface area contributed by atoms with E-state index in [4.69, 9.17) is 0 Å². The van der Waals surface area contributed by atoms with Crippen molar-refractivity contribution in [3.8, 4) is 22.3 Å². The highest BCUT2D eigenvalue weighted by atomic mass is 79.9. The van der Waals surface area contributed by atoms with Gasteiger partial charge in [-0.2, -0.15) is 0 Å². The van der Waals surface area contributed by atoms with E-state index in [2.05, 4.69) is 110 Å². The van der Waals surface area contributed by atoms with Crippen molar-refractivity contribution in [3.05, 3.63) is 78.7 Å². The number of hydrogen-bond donors (Lipinski definition) is 0. The summed E-state index contributed by atoms with van der Waals surface area (Å²) in [5, 5.41) is 0. The zero-order chi connectivity index (χ0) is 19.2. The Hall–Kier alpha value is -1.38. The summed E-state index contributed by atoms with van der Waals surface area (Å²) in [5.41, 5.74) is 13.0. The minimum atomic E-state index is 1.16. The minimum Gasteiger partial charge on any atom is -0.0551 e. The Morgan fingerprint density at radius 1 is 0.385 bits per heavy atom. The van der Waals surface area contributed by atoms with Crippen molar-refractivity contribution in [1.82, 2.24) is 0 Å². The summed E-state index contributed by atoms with van der Waals surface area (Å²) in [6, 6.07) is 13.7. The van der Waals surface area contributed by atoms with E-state index in [0.717, 1.165) is 8.95 Å². The molecule has 3 rings (SSSR count). The van der Waals surface area contributed by atoms with E-state index in [1.165, 1.54) is 55.6 Å². The van der Waals surface area contributed by atoms with Crippen molar-refractivity contribution in [2.75, 3.05) is 0 Å². The average molecular weight is 472 g/mol. The second kappa shape index (κ2) is 7.32. The highest BCUT2D eigenvalue weighted by Crippen LogP contribution is 2.38. The number of benzene rings is 3. The topological polar surface area (TPSA) is 0 Å². The molecule has 0 aliphatic carbocycles. The monoisotopic (exact) mass is 470 g/mol. The molecule has 0 radical (unpaired) electrons. The van der Waals surface area contributed by atoms with Gasteiger partial charge >= 0.3 is 0 Å². The quantitative estimate of drug-likeness (QED) is 0.351. The van der Waals surface area contributed by atoms with Crippen molar-refractivity contribution in [2.45, 2.75) is 41.5 Å². The molecule has 0 atom stereocenters. The minimum absolute atomic E-state index is 1.16. The van der Waals surface area contributed by atoms with Gasteiger partial charge in [-0.05, 0) is 115 Å². The van der Waals surface area contributed by atoms with E-state index in [-0.39, 0.29) is 0 Å². The molecule has 0 aromatic heterocycles. The Balaban J connectivity index is 2.27. The lowest BCUT2D eigenvalue weighted by atomic mass is 9.88. The molecule has 3 aromatic rings. The normalized spacial score (nSPS) is 11.1. The highest BCUT2D eigenvalue weighted by Gasteiger charge is 2.14. The molecule has 134 valence electrons. The van der Waals surface area contributed by atoms with E-state index in [1.54, 1.807) is 0 Å². The number of aryl methyl sites for hydroxylation is 6. The Bertz CT molecular complexity index is 935. The second-order valence-electron chi connectivity index (χ2n) is 7.31. The largest absolute Gasteiger partial charge is 0.0551 e. The maximum atomic E-state index is 3.70. The lowest BCUT2D eigenvalue weighted by molar-refractivity contribution is 1.31. The summed E-state index contributed by atoms with van der Waals surface area (Å²) in [5.74, 6) is 0. The molecule has 0 nitrogen and oxygen atoms in total. The molecule has 0 saturated carbocycles. The van der Waals surface area contributed by atoms with Gasteiger partial charge in [0.2, 0.25) is 0 Å². The van der Waals surface area contributed by atoms with Crippen LogP contribution in [0.4, 0.5) is 0 Å². The van der Waals surface area contributed by atoms with Crippen LogP contribution in [0.25, 0.3) is 22.3 Å². The fourth-order valence-electron chi connectivity index (χ4n) is 3.66. The van der Waals surface area contributed by atoms with Crippen LogP contribution in [0.5, 0.6) is 0 Å². The summed E-state index contributed by atoms with van der Waals surface area (Å²) >= 11 is 7.41. The molecular weight excluding hydrogens is 448 g/mol. The number of rotatable bonds is 2. The molecule has 0 bridgehead atoms. The van der Waals surface area contributed by atoms with Crippen LogP contribution < -0.4 is 0 Å². The van der Waals surface area contributed by atoms with Crippen molar-refractivity contribution in [2.24, 2.45) is 0 Å². The molecule has 0 heterocycles. The third kappa shape index (κ3) is 3.54. The van der Waals surface area contributed by atoms with E-state index in [9.17, 15) is 0 Å². The molecule has 0 fully saturated rings. The Morgan fingerprint density at radius 2 is 0.654 bits per heavy atom. The smallest absolute Gasteiger partial charge is 0.0210 e. The van der Waals surface area contributed by atoms with Gasteiger partial charge in [-0.1, -0.05) is 50.1 Å². The molecule has 0 unspecified atom stereocenters. The first kappa shape index (κ1) is 19.4. The molecule has 0 N–H and O–H groups in total. The van der Waals surface area contributed by atoms with Crippen LogP contribution in [-0.4, -0.2) is 0 Å². The van der Waals surface area contributed by atoms with Gasteiger partial charge in [0, 0.05) is 8.95 Å². The van der Waals surface area contributed by atoms with Crippen LogP contribution in [0.2, 0.25) is 0 Å². The summed E-state index contributed by atoms with van der Waals surface area (Å²) in [6.07, 6.45) is 0. The van der Waals surface area contributed by atoms with Gasteiger partial charge in [-0.15, -0.1) is 0 Å². The summed E-state index contributed by atoms with van der Waals surface area (Å²) < 4.78 is 2.32. The molecular formula is C24H24Br2. The van der Waals surface area contributed by atoms with Crippen molar-refractivity contribution >= 4 is 31.9 Å². The zero-order valence-electron chi connectivity index (χ0n) is 16.2. The van der Waals surface area contributed by atoms with Crippen LogP contribution in [0.3, 0.4) is 0 Å². The molecule has 26 heavy (non-hydrogen) atoms. The van der Waals surface area contributed by atoms with Crippen LogP contribution in [0.1, 0.15) is 33.4 Å². The Morgan fingerprint density at radius 3 is 1.00 bits per heavy atom. The lowest BCUT2D eigenvalue weighted by Crippen LogP contribution is -1.95. The molecule has 0 amide bonds. The van der Waals surface area contributed by atoms with Gasteiger partial charge in [-0.25, -0.2) is 0 Å².